The molecule has 0 fully saturated rings. The molecule has 2 aromatic carbocycles. The standard InChI is InChI=1S/C44H76O3S/c1-3-5-7-9-11-13-15-17-19-21-23-25-27-29-31-37-42-41-36-34-33-35-40(41)39-44(48(45,46)47)43(42)38-32-30-28-26-24-22-20-18-16-14-12-10-8-6-4-2/h33-36,39H,3-32,37-38H2,1-2H3,(H,45,46,47). The average Bonchev–Trinajstić information content (AvgIpc) is 3.08. The zero-order valence-corrected chi connectivity index (χ0v) is 32.5. The molecule has 0 heterocycles. The minimum Gasteiger partial charge on any atom is -0.282 e. The highest BCUT2D eigenvalue weighted by atomic mass is 32.2. The molecule has 48 heavy (non-hydrogen) atoms. The van der Waals surface area contributed by atoms with Crippen LogP contribution in [-0.2, 0) is 23.0 Å². The maximum absolute atomic E-state index is 12.6. The Morgan fingerprint density at radius 3 is 1.10 bits per heavy atom. The molecule has 0 aliphatic carbocycles. The van der Waals surface area contributed by atoms with Gasteiger partial charge in [-0.3, -0.25) is 4.55 Å². The summed E-state index contributed by atoms with van der Waals surface area (Å²) in [7, 11) is -4.28. The van der Waals surface area contributed by atoms with Gasteiger partial charge in [0.25, 0.3) is 10.1 Å². The van der Waals surface area contributed by atoms with Crippen molar-refractivity contribution >= 4 is 20.9 Å². The summed E-state index contributed by atoms with van der Waals surface area (Å²) in [6.45, 7) is 4.56. The van der Waals surface area contributed by atoms with Crippen molar-refractivity contribution in [3.63, 3.8) is 0 Å². The lowest BCUT2D eigenvalue weighted by Crippen LogP contribution is -2.08. The summed E-state index contributed by atoms with van der Waals surface area (Å²) in [4.78, 5) is 0.141. The maximum atomic E-state index is 12.6. The van der Waals surface area contributed by atoms with Crippen molar-refractivity contribution in [2.24, 2.45) is 0 Å². The summed E-state index contributed by atoms with van der Waals surface area (Å²) in [6, 6.07) is 9.85. The van der Waals surface area contributed by atoms with Crippen molar-refractivity contribution < 1.29 is 13.0 Å². The first-order valence-corrected chi connectivity index (χ1v) is 22.4. The van der Waals surface area contributed by atoms with Crippen LogP contribution >= 0.6 is 0 Å². The van der Waals surface area contributed by atoms with Crippen molar-refractivity contribution in [3.05, 3.63) is 41.5 Å². The van der Waals surface area contributed by atoms with E-state index in [0.29, 0.717) is 0 Å². The molecule has 0 radical (unpaired) electrons. The number of benzene rings is 2. The number of hydrogen-bond acceptors (Lipinski definition) is 2. The third-order valence-corrected chi connectivity index (χ3v) is 11.5. The van der Waals surface area contributed by atoms with Gasteiger partial charge in [-0.05, 0) is 53.6 Å². The summed E-state index contributed by atoms with van der Waals surface area (Å²) >= 11 is 0. The van der Waals surface area contributed by atoms with Gasteiger partial charge in [0, 0.05) is 0 Å². The first-order chi connectivity index (χ1) is 23.5. The first kappa shape index (κ1) is 42.8. The molecule has 0 aliphatic heterocycles. The Bertz CT molecular complexity index is 1160. The van der Waals surface area contributed by atoms with E-state index < -0.39 is 10.1 Å². The van der Waals surface area contributed by atoms with E-state index in [4.69, 9.17) is 0 Å². The fourth-order valence-corrected chi connectivity index (χ4v) is 8.39. The number of hydrogen-bond donors (Lipinski definition) is 1. The first-order valence-electron chi connectivity index (χ1n) is 21.0. The van der Waals surface area contributed by atoms with E-state index in [0.717, 1.165) is 54.0 Å². The van der Waals surface area contributed by atoms with Gasteiger partial charge in [0.1, 0.15) is 0 Å². The molecule has 2 aromatic rings. The largest absolute Gasteiger partial charge is 0.294 e. The van der Waals surface area contributed by atoms with Crippen molar-refractivity contribution in [1.82, 2.24) is 0 Å². The van der Waals surface area contributed by atoms with Gasteiger partial charge in [0.05, 0.1) is 4.90 Å². The highest BCUT2D eigenvalue weighted by molar-refractivity contribution is 7.85. The fourth-order valence-electron chi connectivity index (χ4n) is 7.57. The van der Waals surface area contributed by atoms with E-state index >= 15 is 0 Å². The Balaban J connectivity index is 1.72. The zero-order valence-electron chi connectivity index (χ0n) is 31.7. The molecule has 4 heteroatoms. The molecule has 0 atom stereocenters. The van der Waals surface area contributed by atoms with E-state index in [1.165, 1.54) is 173 Å². The van der Waals surface area contributed by atoms with Crippen LogP contribution in [0.4, 0.5) is 0 Å². The molecule has 0 aliphatic rings. The third kappa shape index (κ3) is 19.7. The van der Waals surface area contributed by atoms with Crippen molar-refractivity contribution in [2.75, 3.05) is 0 Å². The van der Waals surface area contributed by atoms with Gasteiger partial charge in [-0.25, -0.2) is 0 Å². The van der Waals surface area contributed by atoms with Crippen molar-refractivity contribution in [2.45, 2.75) is 224 Å². The van der Waals surface area contributed by atoms with Crippen LogP contribution < -0.4 is 0 Å². The summed E-state index contributed by atoms with van der Waals surface area (Å²) in [6.07, 6.45) is 41.5. The lowest BCUT2D eigenvalue weighted by atomic mass is 9.91. The highest BCUT2D eigenvalue weighted by Crippen LogP contribution is 2.32. The van der Waals surface area contributed by atoms with E-state index in [2.05, 4.69) is 26.0 Å². The Labute approximate surface area is 298 Å². The number of rotatable bonds is 33. The van der Waals surface area contributed by atoms with Crippen molar-refractivity contribution in [3.8, 4) is 0 Å². The van der Waals surface area contributed by atoms with Crippen LogP contribution in [0, 0.1) is 0 Å². The predicted octanol–water partition coefficient (Wildman–Crippen LogP) is 14.9. The van der Waals surface area contributed by atoms with Gasteiger partial charge in [-0.1, -0.05) is 218 Å². The average molecular weight is 685 g/mol. The van der Waals surface area contributed by atoms with Gasteiger partial charge in [0.15, 0.2) is 0 Å². The second-order valence-corrected chi connectivity index (χ2v) is 16.3. The molecule has 0 saturated heterocycles. The molecule has 0 unspecified atom stereocenters. The Kier molecular flexibility index (Phi) is 25.2. The summed E-state index contributed by atoms with van der Waals surface area (Å²) < 4.78 is 35.4. The molecule has 0 spiro atoms. The smallest absolute Gasteiger partial charge is 0.282 e. The zero-order chi connectivity index (χ0) is 34.5. The van der Waals surface area contributed by atoms with E-state index in [1.807, 2.05) is 12.1 Å². The fraction of sp³-hybridized carbons (Fsp3) is 0.773. The lowest BCUT2D eigenvalue weighted by Gasteiger charge is -2.17. The molecule has 276 valence electrons. The monoisotopic (exact) mass is 685 g/mol. The molecule has 2 rings (SSSR count). The SMILES string of the molecule is CCCCCCCCCCCCCCCCCc1c(S(=O)(=O)O)cc2ccccc2c1CCCCCCCCCCCCCCCCC. The minimum absolute atomic E-state index is 0.141. The minimum atomic E-state index is -4.28. The normalized spacial score (nSPS) is 12.0. The summed E-state index contributed by atoms with van der Waals surface area (Å²) in [5, 5.41) is 2.08. The molecular formula is C44H76O3S. The lowest BCUT2D eigenvalue weighted by molar-refractivity contribution is 0.481. The van der Waals surface area contributed by atoms with E-state index in [-0.39, 0.29) is 4.90 Å². The number of aryl methyl sites for hydroxylation is 1. The van der Waals surface area contributed by atoms with Crippen LogP contribution in [0.2, 0.25) is 0 Å². The summed E-state index contributed by atoms with van der Waals surface area (Å²) in [5.74, 6) is 0. The molecule has 0 aromatic heterocycles. The van der Waals surface area contributed by atoms with Crippen LogP contribution in [0.15, 0.2) is 35.2 Å². The van der Waals surface area contributed by atoms with Gasteiger partial charge >= 0.3 is 0 Å². The molecule has 0 amide bonds. The molecule has 0 bridgehead atoms. The Morgan fingerprint density at radius 2 is 0.750 bits per heavy atom. The van der Waals surface area contributed by atoms with E-state index in [1.54, 1.807) is 6.07 Å². The molecule has 1 N–H and O–H groups in total. The second-order valence-electron chi connectivity index (χ2n) is 14.9. The second kappa shape index (κ2) is 28.3. The number of fused-ring (bicyclic) bond motifs is 1. The van der Waals surface area contributed by atoms with Crippen LogP contribution in [0.1, 0.15) is 218 Å². The van der Waals surface area contributed by atoms with Gasteiger partial charge in [0.2, 0.25) is 0 Å². The van der Waals surface area contributed by atoms with Crippen LogP contribution in [0.5, 0.6) is 0 Å². The van der Waals surface area contributed by atoms with E-state index in [9.17, 15) is 13.0 Å². The topological polar surface area (TPSA) is 54.4 Å². The van der Waals surface area contributed by atoms with Gasteiger partial charge < -0.3 is 0 Å². The Hall–Kier alpha value is -1.39. The quantitative estimate of drug-likeness (QED) is 0.0601. The maximum Gasteiger partial charge on any atom is 0.294 e. The highest BCUT2D eigenvalue weighted by Gasteiger charge is 2.21. The Morgan fingerprint density at radius 1 is 0.438 bits per heavy atom. The number of unbranched alkanes of at least 4 members (excludes halogenated alkanes) is 28. The van der Waals surface area contributed by atoms with Crippen LogP contribution in [0.25, 0.3) is 10.8 Å². The van der Waals surface area contributed by atoms with Gasteiger partial charge in [-0.15, -0.1) is 0 Å². The predicted molar refractivity (Wildman–Crippen MR) is 211 cm³/mol. The molecular weight excluding hydrogens is 609 g/mol. The third-order valence-electron chi connectivity index (χ3n) is 10.6. The summed E-state index contributed by atoms with van der Waals surface area (Å²) in [5.41, 5.74) is 2.03. The van der Waals surface area contributed by atoms with Crippen LogP contribution in [0.3, 0.4) is 0 Å². The molecule has 3 nitrogen and oxygen atoms in total. The van der Waals surface area contributed by atoms with Crippen molar-refractivity contribution in [1.29, 1.82) is 0 Å². The van der Waals surface area contributed by atoms with Crippen LogP contribution in [-0.4, -0.2) is 13.0 Å². The molecule has 0 saturated carbocycles. The van der Waals surface area contributed by atoms with Gasteiger partial charge in [-0.2, -0.15) is 8.42 Å².